The predicted octanol–water partition coefficient (Wildman–Crippen LogP) is 1.01. The van der Waals surface area contributed by atoms with Gasteiger partial charge in [0.05, 0.1) is 11.4 Å². The molecule has 0 saturated carbocycles. The van der Waals surface area contributed by atoms with Crippen LogP contribution in [-0.2, 0) is 11.3 Å². The maximum atomic E-state index is 11.1. The minimum atomic E-state index is 0.157. The topological polar surface area (TPSA) is 58.4 Å². The second-order valence-corrected chi connectivity index (χ2v) is 4.99. The summed E-state index contributed by atoms with van der Waals surface area (Å²) < 4.78 is 2.11. The molecule has 1 amide bonds. The molecule has 5 heteroatoms. The van der Waals surface area contributed by atoms with E-state index in [0.29, 0.717) is 19.0 Å². The third kappa shape index (κ3) is 2.46. The Labute approximate surface area is 112 Å². The first-order chi connectivity index (χ1) is 9.24. The Hall–Kier alpha value is -1.88. The zero-order chi connectivity index (χ0) is 13.2. The molecule has 3 rings (SSSR count). The van der Waals surface area contributed by atoms with Crippen molar-refractivity contribution in [2.45, 2.75) is 32.4 Å². The zero-order valence-electron chi connectivity index (χ0n) is 11.0. The summed E-state index contributed by atoms with van der Waals surface area (Å²) in [6.07, 6.45) is 3.56. The van der Waals surface area contributed by atoms with Gasteiger partial charge < -0.3 is 15.0 Å². The van der Waals surface area contributed by atoms with E-state index < -0.39 is 0 Å². The molecule has 2 aromatic rings. The summed E-state index contributed by atoms with van der Waals surface area (Å²) in [7, 11) is 0. The van der Waals surface area contributed by atoms with E-state index in [0.717, 1.165) is 24.3 Å². The van der Waals surface area contributed by atoms with Crippen LogP contribution in [-0.4, -0.2) is 27.9 Å². The fraction of sp³-hybridized carbons (Fsp3) is 0.429. The highest BCUT2D eigenvalue weighted by Crippen LogP contribution is 2.12. The molecule has 3 heterocycles. The number of aryl methyl sites for hydroxylation is 1. The molecule has 100 valence electrons. The number of imidazole rings is 1. The lowest BCUT2D eigenvalue weighted by Crippen LogP contribution is -2.45. The number of aromatic nitrogens is 2. The van der Waals surface area contributed by atoms with Crippen LogP contribution in [0.5, 0.6) is 0 Å². The number of nitrogens with one attached hydrogen (secondary N) is 2. The zero-order valence-corrected chi connectivity index (χ0v) is 11.0. The molecule has 2 N–H and O–H groups in total. The van der Waals surface area contributed by atoms with Crippen LogP contribution in [0, 0.1) is 6.92 Å². The van der Waals surface area contributed by atoms with Crippen LogP contribution >= 0.6 is 0 Å². The second-order valence-electron chi connectivity index (χ2n) is 4.99. The van der Waals surface area contributed by atoms with Crippen molar-refractivity contribution in [2.24, 2.45) is 0 Å². The third-order valence-electron chi connectivity index (χ3n) is 3.65. The summed E-state index contributed by atoms with van der Waals surface area (Å²) in [5, 5.41) is 6.39. The van der Waals surface area contributed by atoms with Gasteiger partial charge in [0.15, 0.2) is 0 Å². The first kappa shape index (κ1) is 12.2. The average molecular weight is 258 g/mol. The van der Waals surface area contributed by atoms with Gasteiger partial charge in [0.25, 0.3) is 0 Å². The summed E-state index contributed by atoms with van der Waals surface area (Å²) in [6, 6.07) is 6.37. The number of carbonyl (C=O) groups is 1. The van der Waals surface area contributed by atoms with Crippen LogP contribution in [0.1, 0.15) is 24.2 Å². The Morgan fingerprint density at radius 1 is 1.53 bits per heavy atom. The Bertz CT molecular complexity index is 595. The summed E-state index contributed by atoms with van der Waals surface area (Å²) in [5.41, 5.74) is 3.22. The molecule has 5 nitrogen and oxygen atoms in total. The van der Waals surface area contributed by atoms with E-state index in [9.17, 15) is 4.79 Å². The summed E-state index contributed by atoms with van der Waals surface area (Å²) in [5.74, 6) is 0.157. The highest BCUT2D eigenvalue weighted by atomic mass is 16.1. The molecular weight excluding hydrogens is 240 g/mol. The van der Waals surface area contributed by atoms with Crippen molar-refractivity contribution in [2.75, 3.05) is 6.54 Å². The van der Waals surface area contributed by atoms with E-state index in [2.05, 4.69) is 20.0 Å². The predicted molar refractivity (Wildman–Crippen MR) is 72.8 cm³/mol. The molecule has 1 unspecified atom stereocenters. The number of pyridine rings is 1. The van der Waals surface area contributed by atoms with Gasteiger partial charge in [-0.2, -0.15) is 0 Å². The molecule has 1 saturated heterocycles. The van der Waals surface area contributed by atoms with Crippen molar-refractivity contribution < 1.29 is 4.79 Å². The number of fused-ring (bicyclic) bond motifs is 1. The van der Waals surface area contributed by atoms with Gasteiger partial charge in [-0.1, -0.05) is 6.07 Å². The van der Waals surface area contributed by atoms with Crippen molar-refractivity contribution in [3.05, 3.63) is 35.8 Å². The van der Waals surface area contributed by atoms with Crippen molar-refractivity contribution in [1.29, 1.82) is 0 Å². The van der Waals surface area contributed by atoms with Crippen LogP contribution in [0.25, 0.3) is 5.65 Å². The van der Waals surface area contributed by atoms with E-state index in [1.54, 1.807) is 0 Å². The largest absolute Gasteiger partial charge is 0.355 e. The van der Waals surface area contributed by atoms with Crippen molar-refractivity contribution in [1.82, 2.24) is 20.0 Å². The minimum absolute atomic E-state index is 0.157. The lowest BCUT2D eigenvalue weighted by atomic mass is 10.1. The quantitative estimate of drug-likeness (QED) is 0.864. The summed E-state index contributed by atoms with van der Waals surface area (Å²) in [4.78, 5) is 15.7. The minimum Gasteiger partial charge on any atom is -0.355 e. The van der Waals surface area contributed by atoms with E-state index in [-0.39, 0.29) is 5.91 Å². The fourth-order valence-electron chi connectivity index (χ4n) is 2.53. The highest BCUT2D eigenvalue weighted by molar-refractivity contribution is 5.76. The first-order valence-electron chi connectivity index (χ1n) is 6.66. The number of hydrogen-bond donors (Lipinski definition) is 2. The van der Waals surface area contributed by atoms with Gasteiger partial charge in [0, 0.05) is 31.7 Å². The number of carbonyl (C=O) groups excluding carboxylic acids is 1. The molecule has 1 aliphatic rings. The maximum Gasteiger partial charge on any atom is 0.220 e. The third-order valence-corrected chi connectivity index (χ3v) is 3.65. The molecule has 1 fully saturated rings. The molecule has 0 bridgehead atoms. The molecule has 0 spiro atoms. The molecule has 2 aromatic heterocycles. The normalized spacial score (nSPS) is 19.6. The van der Waals surface area contributed by atoms with Crippen molar-refractivity contribution in [3.8, 4) is 0 Å². The van der Waals surface area contributed by atoms with Crippen LogP contribution in [0.4, 0.5) is 0 Å². The monoisotopic (exact) mass is 258 g/mol. The molecule has 0 aromatic carbocycles. The van der Waals surface area contributed by atoms with Crippen LogP contribution in [0.3, 0.4) is 0 Å². The summed E-state index contributed by atoms with van der Waals surface area (Å²) in [6.45, 7) is 3.53. The molecule has 1 aliphatic heterocycles. The number of hydrogen-bond acceptors (Lipinski definition) is 3. The Morgan fingerprint density at radius 2 is 2.42 bits per heavy atom. The lowest BCUT2D eigenvalue weighted by Gasteiger charge is -2.23. The van der Waals surface area contributed by atoms with Gasteiger partial charge in [-0.05, 0) is 25.5 Å². The van der Waals surface area contributed by atoms with Gasteiger partial charge in [-0.3, -0.25) is 4.79 Å². The SMILES string of the molecule is Cc1nc2ccccn2c1CNC1CCC(=O)NC1. The smallest absolute Gasteiger partial charge is 0.220 e. The van der Waals surface area contributed by atoms with Gasteiger partial charge >= 0.3 is 0 Å². The standard InChI is InChI=1S/C14H18N4O/c1-10-12(18-7-3-2-4-13(18)17-10)9-15-11-5-6-14(19)16-8-11/h2-4,7,11,15H,5-6,8-9H2,1H3,(H,16,19). The van der Waals surface area contributed by atoms with E-state index >= 15 is 0 Å². The van der Waals surface area contributed by atoms with E-state index in [4.69, 9.17) is 0 Å². The fourth-order valence-corrected chi connectivity index (χ4v) is 2.53. The number of piperidine rings is 1. The average Bonchev–Trinajstić information content (AvgIpc) is 2.74. The van der Waals surface area contributed by atoms with Crippen LogP contribution in [0.15, 0.2) is 24.4 Å². The first-order valence-corrected chi connectivity index (χ1v) is 6.66. The Morgan fingerprint density at radius 3 is 3.21 bits per heavy atom. The van der Waals surface area contributed by atoms with E-state index in [1.807, 2.05) is 31.3 Å². The Balaban J connectivity index is 1.71. The number of rotatable bonds is 3. The van der Waals surface area contributed by atoms with Gasteiger partial charge in [-0.15, -0.1) is 0 Å². The Kier molecular flexibility index (Phi) is 3.21. The number of amides is 1. The van der Waals surface area contributed by atoms with Gasteiger partial charge in [0.1, 0.15) is 5.65 Å². The van der Waals surface area contributed by atoms with Gasteiger partial charge in [-0.25, -0.2) is 4.98 Å². The lowest BCUT2D eigenvalue weighted by molar-refractivity contribution is -0.122. The van der Waals surface area contributed by atoms with Crippen molar-refractivity contribution in [3.63, 3.8) is 0 Å². The molecule has 0 radical (unpaired) electrons. The maximum absolute atomic E-state index is 11.1. The molecule has 1 atom stereocenters. The van der Waals surface area contributed by atoms with Gasteiger partial charge in [0.2, 0.25) is 5.91 Å². The van der Waals surface area contributed by atoms with Crippen molar-refractivity contribution >= 4 is 11.6 Å². The number of nitrogens with zero attached hydrogens (tertiary/aromatic N) is 2. The molecule has 0 aliphatic carbocycles. The second kappa shape index (κ2) is 5.01. The van der Waals surface area contributed by atoms with E-state index in [1.165, 1.54) is 5.69 Å². The highest BCUT2D eigenvalue weighted by Gasteiger charge is 2.18. The van der Waals surface area contributed by atoms with Crippen LogP contribution in [0.2, 0.25) is 0 Å². The molecular formula is C14H18N4O. The molecule has 19 heavy (non-hydrogen) atoms. The van der Waals surface area contributed by atoms with Crippen LogP contribution < -0.4 is 10.6 Å². The summed E-state index contributed by atoms with van der Waals surface area (Å²) >= 11 is 0.